The van der Waals surface area contributed by atoms with E-state index in [9.17, 15) is 4.79 Å². The summed E-state index contributed by atoms with van der Waals surface area (Å²) < 4.78 is 10.1. The fourth-order valence-electron chi connectivity index (χ4n) is 1.53. The Balaban J connectivity index is 2.91. The van der Waals surface area contributed by atoms with Crippen molar-refractivity contribution in [1.29, 1.82) is 0 Å². The van der Waals surface area contributed by atoms with Gasteiger partial charge in [-0.05, 0) is 24.6 Å². The number of methoxy groups -OCH3 is 2. The van der Waals surface area contributed by atoms with Gasteiger partial charge in [0, 0.05) is 18.7 Å². The van der Waals surface area contributed by atoms with Gasteiger partial charge >= 0.3 is 0 Å². The van der Waals surface area contributed by atoms with Crippen LogP contribution in [-0.2, 0) is 4.74 Å². The predicted octanol–water partition coefficient (Wildman–Crippen LogP) is 2.03. The molecule has 0 aliphatic rings. The molecule has 0 saturated carbocycles. The van der Waals surface area contributed by atoms with Crippen LogP contribution in [0.15, 0.2) is 12.1 Å². The Bertz CT molecular complexity index is 407. The Morgan fingerprint density at radius 2 is 2.12 bits per heavy atom. The predicted molar refractivity (Wildman–Crippen MR) is 67.0 cm³/mol. The van der Waals surface area contributed by atoms with Crippen LogP contribution in [0.25, 0.3) is 0 Å². The lowest BCUT2D eigenvalue weighted by molar-refractivity contribution is 0.0934. The number of aryl methyl sites for hydroxylation is 1. The van der Waals surface area contributed by atoms with E-state index in [1.165, 1.54) is 7.11 Å². The molecule has 0 unspecified atom stereocenters. The van der Waals surface area contributed by atoms with Crippen molar-refractivity contribution in [2.24, 2.45) is 0 Å². The molecule has 0 aromatic heterocycles. The van der Waals surface area contributed by atoms with E-state index >= 15 is 0 Å². The average Bonchev–Trinajstić information content (AvgIpc) is 2.28. The van der Waals surface area contributed by atoms with E-state index < -0.39 is 0 Å². The Kier molecular flexibility index (Phi) is 5.25. The van der Waals surface area contributed by atoms with E-state index in [2.05, 4.69) is 5.32 Å². The summed E-state index contributed by atoms with van der Waals surface area (Å²) in [5.74, 6) is 0.328. The molecule has 1 aromatic rings. The summed E-state index contributed by atoms with van der Waals surface area (Å²) in [5, 5.41) is 3.24. The number of ether oxygens (including phenoxy) is 2. The molecule has 17 heavy (non-hydrogen) atoms. The summed E-state index contributed by atoms with van der Waals surface area (Å²) in [5.41, 5.74) is 1.27. The highest BCUT2D eigenvalue weighted by molar-refractivity contribution is 6.31. The monoisotopic (exact) mass is 257 g/mol. The van der Waals surface area contributed by atoms with Gasteiger partial charge in [0.15, 0.2) is 0 Å². The molecule has 4 nitrogen and oxygen atoms in total. The fraction of sp³-hybridized carbons (Fsp3) is 0.417. The second kappa shape index (κ2) is 6.47. The zero-order chi connectivity index (χ0) is 12.8. The second-order valence-electron chi connectivity index (χ2n) is 3.55. The summed E-state index contributed by atoms with van der Waals surface area (Å²) in [7, 11) is 3.11. The van der Waals surface area contributed by atoms with Gasteiger partial charge in [-0.2, -0.15) is 0 Å². The zero-order valence-corrected chi connectivity index (χ0v) is 10.9. The van der Waals surface area contributed by atoms with Gasteiger partial charge in [0.2, 0.25) is 0 Å². The number of benzene rings is 1. The molecule has 1 aromatic carbocycles. The zero-order valence-electron chi connectivity index (χ0n) is 10.2. The first kappa shape index (κ1) is 13.8. The van der Waals surface area contributed by atoms with Gasteiger partial charge < -0.3 is 14.8 Å². The van der Waals surface area contributed by atoms with E-state index in [1.807, 2.05) is 6.92 Å². The Morgan fingerprint density at radius 3 is 2.71 bits per heavy atom. The summed E-state index contributed by atoms with van der Waals surface area (Å²) in [6.07, 6.45) is 0. The fourth-order valence-corrected chi connectivity index (χ4v) is 1.80. The highest BCUT2D eigenvalue weighted by Crippen LogP contribution is 2.27. The van der Waals surface area contributed by atoms with Crippen molar-refractivity contribution in [2.75, 3.05) is 27.4 Å². The minimum Gasteiger partial charge on any atom is -0.496 e. The van der Waals surface area contributed by atoms with Crippen LogP contribution >= 0.6 is 11.6 Å². The van der Waals surface area contributed by atoms with Crippen LogP contribution in [0.2, 0.25) is 5.02 Å². The molecular weight excluding hydrogens is 242 g/mol. The topological polar surface area (TPSA) is 47.6 Å². The van der Waals surface area contributed by atoms with E-state index in [4.69, 9.17) is 21.1 Å². The number of hydrogen-bond donors (Lipinski definition) is 1. The van der Waals surface area contributed by atoms with Crippen molar-refractivity contribution in [1.82, 2.24) is 5.32 Å². The Morgan fingerprint density at radius 1 is 1.41 bits per heavy atom. The highest BCUT2D eigenvalue weighted by Gasteiger charge is 2.15. The molecule has 0 aliphatic heterocycles. The Labute approximate surface area is 106 Å². The van der Waals surface area contributed by atoms with Gasteiger partial charge in [-0.15, -0.1) is 0 Å². The lowest BCUT2D eigenvalue weighted by Gasteiger charge is -2.12. The van der Waals surface area contributed by atoms with Crippen LogP contribution in [0.3, 0.4) is 0 Å². The van der Waals surface area contributed by atoms with Crippen molar-refractivity contribution in [3.8, 4) is 5.75 Å². The van der Waals surface area contributed by atoms with E-state index in [-0.39, 0.29) is 5.91 Å². The first-order chi connectivity index (χ1) is 8.10. The smallest absolute Gasteiger partial charge is 0.255 e. The molecular formula is C12H16ClNO3. The van der Waals surface area contributed by atoms with Gasteiger partial charge in [-0.25, -0.2) is 0 Å². The van der Waals surface area contributed by atoms with Crippen LogP contribution in [0.4, 0.5) is 0 Å². The van der Waals surface area contributed by atoms with Crippen LogP contribution in [-0.4, -0.2) is 33.3 Å². The molecule has 0 spiro atoms. The van der Waals surface area contributed by atoms with Crippen molar-refractivity contribution < 1.29 is 14.3 Å². The van der Waals surface area contributed by atoms with Crippen LogP contribution in [0.1, 0.15) is 15.9 Å². The van der Waals surface area contributed by atoms with Gasteiger partial charge in [0.25, 0.3) is 5.91 Å². The lowest BCUT2D eigenvalue weighted by atomic mass is 10.1. The third kappa shape index (κ3) is 3.61. The van der Waals surface area contributed by atoms with Crippen molar-refractivity contribution in [3.63, 3.8) is 0 Å². The third-order valence-electron chi connectivity index (χ3n) is 2.28. The van der Waals surface area contributed by atoms with Gasteiger partial charge in [-0.1, -0.05) is 11.6 Å². The minimum absolute atomic E-state index is 0.218. The largest absolute Gasteiger partial charge is 0.496 e. The van der Waals surface area contributed by atoms with Crippen LogP contribution in [0, 0.1) is 6.92 Å². The van der Waals surface area contributed by atoms with Gasteiger partial charge in [0.1, 0.15) is 5.75 Å². The first-order valence-electron chi connectivity index (χ1n) is 5.21. The SMILES string of the molecule is COCCNC(=O)c1cc(Cl)cc(C)c1OC. The van der Waals surface area contributed by atoms with Crippen molar-refractivity contribution in [2.45, 2.75) is 6.92 Å². The highest BCUT2D eigenvalue weighted by atomic mass is 35.5. The van der Waals surface area contributed by atoms with E-state index in [1.54, 1.807) is 19.2 Å². The van der Waals surface area contributed by atoms with Gasteiger partial charge in [0.05, 0.1) is 19.3 Å². The Hall–Kier alpha value is -1.26. The maximum atomic E-state index is 11.9. The quantitative estimate of drug-likeness (QED) is 0.821. The normalized spacial score (nSPS) is 10.1. The van der Waals surface area contributed by atoms with Crippen molar-refractivity contribution in [3.05, 3.63) is 28.3 Å². The maximum absolute atomic E-state index is 11.9. The molecule has 0 saturated heterocycles. The lowest BCUT2D eigenvalue weighted by Crippen LogP contribution is -2.27. The summed E-state index contributed by atoms with van der Waals surface area (Å²) in [4.78, 5) is 11.9. The average molecular weight is 258 g/mol. The van der Waals surface area contributed by atoms with Crippen molar-refractivity contribution >= 4 is 17.5 Å². The molecule has 0 atom stereocenters. The molecule has 0 radical (unpaired) electrons. The summed E-state index contributed by atoms with van der Waals surface area (Å²) >= 11 is 5.92. The molecule has 1 amide bonds. The summed E-state index contributed by atoms with van der Waals surface area (Å²) in [6, 6.07) is 3.35. The molecule has 0 heterocycles. The van der Waals surface area contributed by atoms with E-state index in [0.717, 1.165) is 5.56 Å². The second-order valence-corrected chi connectivity index (χ2v) is 3.99. The van der Waals surface area contributed by atoms with E-state index in [0.29, 0.717) is 29.5 Å². The van der Waals surface area contributed by atoms with Crippen LogP contribution < -0.4 is 10.1 Å². The third-order valence-corrected chi connectivity index (χ3v) is 2.50. The number of rotatable bonds is 5. The molecule has 1 N–H and O–H groups in total. The number of carbonyl (C=O) groups excluding carboxylic acids is 1. The number of hydrogen-bond acceptors (Lipinski definition) is 3. The molecule has 0 bridgehead atoms. The molecule has 0 aliphatic carbocycles. The maximum Gasteiger partial charge on any atom is 0.255 e. The standard InChI is InChI=1S/C12H16ClNO3/c1-8-6-9(13)7-10(11(8)17-3)12(15)14-4-5-16-2/h6-7H,4-5H2,1-3H3,(H,14,15). The number of halogens is 1. The van der Waals surface area contributed by atoms with Gasteiger partial charge in [-0.3, -0.25) is 4.79 Å². The number of nitrogens with one attached hydrogen (secondary N) is 1. The van der Waals surface area contributed by atoms with Crippen LogP contribution in [0.5, 0.6) is 5.75 Å². The molecule has 5 heteroatoms. The number of carbonyl (C=O) groups is 1. The molecule has 94 valence electrons. The number of amides is 1. The molecule has 1 rings (SSSR count). The first-order valence-corrected chi connectivity index (χ1v) is 5.59. The summed E-state index contributed by atoms with van der Waals surface area (Å²) in [6.45, 7) is 2.76. The molecule has 0 fully saturated rings. The minimum atomic E-state index is -0.218.